The molecule has 0 aliphatic carbocycles. The van der Waals surface area contributed by atoms with Crippen molar-refractivity contribution >= 4 is 29.0 Å². The van der Waals surface area contributed by atoms with Gasteiger partial charge in [0.15, 0.2) is 0 Å². The van der Waals surface area contributed by atoms with E-state index < -0.39 is 0 Å². The number of anilines is 3. The van der Waals surface area contributed by atoms with Crippen LogP contribution in [0.3, 0.4) is 0 Å². The molecule has 0 aliphatic heterocycles. The zero-order valence-electron chi connectivity index (χ0n) is 16.6. The van der Waals surface area contributed by atoms with E-state index in [1.807, 2.05) is 25.1 Å². The number of amides is 2. The maximum absolute atomic E-state index is 12.7. The van der Waals surface area contributed by atoms with Gasteiger partial charge in [-0.3, -0.25) is 9.59 Å². The summed E-state index contributed by atoms with van der Waals surface area (Å²) in [4.78, 5) is 32.5. The van der Waals surface area contributed by atoms with E-state index >= 15 is 0 Å². The lowest BCUT2D eigenvalue weighted by Crippen LogP contribution is -2.16. The second-order valence-corrected chi connectivity index (χ2v) is 6.74. The van der Waals surface area contributed by atoms with E-state index in [1.165, 1.54) is 12.5 Å². The van der Waals surface area contributed by atoms with Gasteiger partial charge in [0.1, 0.15) is 17.3 Å². The molecule has 0 spiro atoms. The Morgan fingerprint density at radius 1 is 0.897 bits per heavy atom. The minimum absolute atomic E-state index is 0.177. The van der Waals surface area contributed by atoms with E-state index in [9.17, 15) is 9.59 Å². The fraction of sp³-hybridized carbons (Fsp3) is 0.182. The van der Waals surface area contributed by atoms with Crippen LogP contribution >= 0.6 is 0 Å². The lowest BCUT2D eigenvalue weighted by Gasteiger charge is -2.10. The molecule has 0 saturated heterocycles. The highest BCUT2D eigenvalue weighted by Crippen LogP contribution is 2.17. The van der Waals surface area contributed by atoms with Crippen molar-refractivity contribution < 1.29 is 9.59 Å². The van der Waals surface area contributed by atoms with Crippen molar-refractivity contribution in [3.05, 3.63) is 77.2 Å². The molecule has 0 bridgehead atoms. The molecule has 2 aromatic carbocycles. The number of nitrogens with one attached hydrogen (secondary N) is 3. The van der Waals surface area contributed by atoms with Gasteiger partial charge in [0.25, 0.3) is 5.91 Å². The van der Waals surface area contributed by atoms with Crippen molar-refractivity contribution in [1.29, 1.82) is 0 Å². The Labute approximate surface area is 169 Å². The normalized spacial score (nSPS) is 10.3. The van der Waals surface area contributed by atoms with Gasteiger partial charge in [-0.15, -0.1) is 0 Å². The Hall–Kier alpha value is -3.74. The number of hydrogen-bond donors (Lipinski definition) is 3. The zero-order valence-corrected chi connectivity index (χ0v) is 16.6. The van der Waals surface area contributed by atoms with Crippen LogP contribution in [0.25, 0.3) is 0 Å². The maximum Gasteiger partial charge on any atom is 0.274 e. The molecule has 1 heterocycles. The number of aromatic nitrogens is 2. The lowest BCUT2D eigenvalue weighted by atomic mass is 10.1. The average Bonchev–Trinajstić information content (AvgIpc) is 2.66. The van der Waals surface area contributed by atoms with Gasteiger partial charge in [0, 0.05) is 30.9 Å². The van der Waals surface area contributed by atoms with Gasteiger partial charge in [0.05, 0.1) is 0 Å². The molecule has 3 rings (SSSR count). The zero-order chi connectivity index (χ0) is 20.8. The standard InChI is InChI=1S/C22H23N5O2/c1-14-6-4-7-17(10-14)13-23-21-12-20(24-15(2)25-21)22(29)27-19-9-5-8-18(11-19)26-16(3)28/h4-12H,13H2,1-3H3,(H,26,28)(H,27,29)(H,23,24,25). The summed E-state index contributed by atoms with van der Waals surface area (Å²) in [5, 5.41) is 8.73. The minimum atomic E-state index is -0.353. The predicted molar refractivity (Wildman–Crippen MR) is 114 cm³/mol. The summed E-state index contributed by atoms with van der Waals surface area (Å²) in [6.45, 7) is 5.81. The SMILES string of the molecule is CC(=O)Nc1cccc(NC(=O)c2cc(NCc3cccc(C)c3)nc(C)n2)c1. The first-order chi connectivity index (χ1) is 13.9. The molecule has 0 fully saturated rings. The monoisotopic (exact) mass is 389 g/mol. The predicted octanol–water partition coefficient (Wildman–Crippen LogP) is 3.92. The summed E-state index contributed by atoms with van der Waals surface area (Å²) in [6, 6.07) is 16.7. The van der Waals surface area contributed by atoms with E-state index in [4.69, 9.17) is 0 Å². The van der Waals surface area contributed by atoms with Gasteiger partial charge in [-0.1, -0.05) is 35.9 Å². The van der Waals surface area contributed by atoms with Gasteiger partial charge in [-0.2, -0.15) is 0 Å². The number of carbonyl (C=O) groups excluding carboxylic acids is 2. The largest absolute Gasteiger partial charge is 0.366 e. The Kier molecular flexibility index (Phi) is 6.19. The number of nitrogens with zero attached hydrogens (tertiary/aromatic N) is 2. The van der Waals surface area contributed by atoms with Crippen LogP contribution in [-0.4, -0.2) is 21.8 Å². The van der Waals surface area contributed by atoms with Crippen LogP contribution in [0.4, 0.5) is 17.2 Å². The topological polar surface area (TPSA) is 96.0 Å². The first kappa shape index (κ1) is 20.0. The van der Waals surface area contributed by atoms with Crippen molar-refractivity contribution in [1.82, 2.24) is 9.97 Å². The molecule has 0 radical (unpaired) electrons. The summed E-state index contributed by atoms with van der Waals surface area (Å²) in [5.41, 5.74) is 3.74. The first-order valence-corrected chi connectivity index (χ1v) is 9.23. The molecule has 7 nitrogen and oxygen atoms in total. The summed E-state index contributed by atoms with van der Waals surface area (Å²) >= 11 is 0. The highest BCUT2D eigenvalue weighted by molar-refractivity contribution is 6.03. The summed E-state index contributed by atoms with van der Waals surface area (Å²) < 4.78 is 0. The van der Waals surface area contributed by atoms with E-state index in [-0.39, 0.29) is 17.5 Å². The second-order valence-electron chi connectivity index (χ2n) is 6.74. The fourth-order valence-corrected chi connectivity index (χ4v) is 2.86. The quantitative estimate of drug-likeness (QED) is 0.594. The average molecular weight is 389 g/mol. The van der Waals surface area contributed by atoms with Crippen molar-refractivity contribution in [2.24, 2.45) is 0 Å². The lowest BCUT2D eigenvalue weighted by molar-refractivity contribution is -0.114. The number of rotatable bonds is 6. The Morgan fingerprint density at radius 3 is 2.34 bits per heavy atom. The summed E-state index contributed by atoms with van der Waals surface area (Å²) in [7, 11) is 0. The highest BCUT2D eigenvalue weighted by atomic mass is 16.2. The summed E-state index contributed by atoms with van der Waals surface area (Å²) in [5.74, 6) is 0.547. The minimum Gasteiger partial charge on any atom is -0.366 e. The highest BCUT2D eigenvalue weighted by Gasteiger charge is 2.11. The third-order valence-electron chi connectivity index (χ3n) is 4.07. The Balaban J connectivity index is 1.71. The maximum atomic E-state index is 12.7. The van der Waals surface area contributed by atoms with Crippen LogP contribution in [0, 0.1) is 13.8 Å². The van der Waals surface area contributed by atoms with E-state index in [0.29, 0.717) is 29.6 Å². The smallest absolute Gasteiger partial charge is 0.274 e. The second kappa shape index (κ2) is 8.97. The van der Waals surface area contributed by atoms with Crippen molar-refractivity contribution in [2.75, 3.05) is 16.0 Å². The third-order valence-corrected chi connectivity index (χ3v) is 4.07. The molecule has 0 atom stereocenters. The van der Waals surface area contributed by atoms with Crippen LogP contribution < -0.4 is 16.0 Å². The van der Waals surface area contributed by atoms with Gasteiger partial charge in [-0.05, 0) is 37.6 Å². The van der Waals surface area contributed by atoms with Gasteiger partial charge >= 0.3 is 0 Å². The van der Waals surface area contributed by atoms with E-state index in [0.717, 1.165) is 5.56 Å². The van der Waals surface area contributed by atoms with Crippen LogP contribution in [0.15, 0.2) is 54.6 Å². The van der Waals surface area contributed by atoms with Crippen LogP contribution in [0.5, 0.6) is 0 Å². The Bertz CT molecular complexity index is 1050. The number of hydrogen-bond acceptors (Lipinski definition) is 5. The molecular formula is C22H23N5O2. The van der Waals surface area contributed by atoms with Crippen molar-refractivity contribution in [2.45, 2.75) is 27.3 Å². The molecule has 1 aromatic heterocycles. The first-order valence-electron chi connectivity index (χ1n) is 9.23. The molecular weight excluding hydrogens is 366 g/mol. The number of benzene rings is 2. The van der Waals surface area contributed by atoms with Gasteiger partial charge in [-0.25, -0.2) is 9.97 Å². The van der Waals surface area contributed by atoms with Crippen molar-refractivity contribution in [3.8, 4) is 0 Å². The van der Waals surface area contributed by atoms with Crippen LogP contribution in [0.1, 0.15) is 34.4 Å². The molecule has 0 unspecified atom stereocenters. The Morgan fingerprint density at radius 2 is 1.62 bits per heavy atom. The van der Waals surface area contributed by atoms with E-state index in [2.05, 4.69) is 32.0 Å². The van der Waals surface area contributed by atoms with Crippen LogP contribution in [-0.2, 0) is 11.3 Å². The number of carbonyl (C=O) groups is 2. The summed E-state index contributed by atoms with van der Waals surface area (Å²) in [6.07, 6.45) is 0. The molecule has 7 heteroatoms. The molecule has 148 valence electrons. The molecule has 0 aliphatic rings. The van der Waals surface area contributed by atoms with Crippen molar-refractivity contribution in [3.63, 3.8) is 0 Å². The molecule has 3 aromatic rings. The molecule has 3 N–H and O–H groups in total. The number of aryl methyl sites for hydroxylation is 2. The van der Waals surface area contributed by atoms with Gasteiger partial charge < -0.3 is 16.0 Å². The molecule has 2 amide bonds. The molecule has 29 heavy (non-hydrogen) atoms. The molecule has 0 saturated carbocycles. The van der Waals surface area contributed by atoms with E-state index in [1.54, 1.807) is 37.3 Å². The van der Waals surface area contributed by atoms with Gasteiger partial charge in [0.2, 0.25) is 5.91 Å². The third kappa shape index (κ3) is 5.87. The fourth-order valence-electron chi connectivity index (χ4n) is 2.86. The van der Waals surface area contributed by atoms with Crippen LogP contribution in [0.2, 0.25) is 0 Å².